The van der Waals surface area contributed by atoms with Crippen molar-refractivity contribution in [3.05, 3.63) is 35.6 Å². The van der Waals surface area contributed by atoms with E-state index in [2.05, 4.69) is 0 Å². The van der Waals surface area contributed by atoms with Crippen molar-refractivity contribution in [3.63, 3.8) is 0 Å². The highest BCUT2D eigenvalue weighted by Gasteiger charge is 2.45. The van der Waals surface area contributed by atoms with E-state index in [4.69, 9.17) is 0 Å². The lowest BCUT2D eigenvalue weighted by Crippen LogP contribution is -2.45. The number of halogens is 1. The van der Waals surface area contributed by atoms with Crippen molar-refractivity contribution in [1.82, 2.24) is 0 Å². The lowest BCUT2D eigenvalue weighted by atomic mass is 9.85. The van der Waals surface area contributed by atoms with Gasteiger partial charge in [-0.15, -0.1) is 0 Å². The Hall–Kier alpha value is -1.23. The molecule has 0 aliphatic carbocycles. The second-order valence-electron chi connectivity index (χ2n) is 6.17. The summed E-state index contributed by atoms with van der Waals surface area (Å²) in [5.74, 6) is -0.621. The predicted molar refractivity (Wildman–Crippen MR) is 78.2 cm³/mol. The van der Waals surface area contributed by atoms with Gasteiger partial charge in [-0.1, -0.05) is 24.6 Å². The Morgan fingerprint density at radius 3 is 2.38 bits per heavy atom. The molecule has 1 aromatic carbocycles. The van der Waals surface area contributed by atoms with Gasteiger partial charge < -0.3 is 0 Å². The van der Waals surface area contributed by atoms with Crippen LogP contribution in [0.2, 0.25) is 0 Å². The standard InChI is InChI=1S/C16H19FO3S/c17-15-7-2-1-4-11(15)10-16(18)12-8-13-5-3-6-14(9-12)21(13,19)20/h1-2,4,7,12-14H,3,5-6,8-10H2. The zero-order valence-corrected chi connectivity index (χ0v) is 12.6. The topological polar surface area (TPSA) is 51.2 Å². The summed E-state index contributed by atoms with van der Waals surface area (Å²) in [7, 11) is -3.04. The average Bonchev–Trinajstić information content (AvgIpc) is 2.40. The third-order valence-electron chi connectivity index (χ3n) is 4.85. The summed E-state index contributed by atoms with van der Waals surface area (Å²) in [6, 6.07) is 6.28. The molecule has 21 heavy (non-hydrogen) atoms. The second-order valence-corrected chi connectivity index (χ2v) is 8.68. The summed E-state index contributed by atoms with van der Waals surface area (Å²) < 4.78 is 38.0. The Morgan fingerprint density at radius 1 is 1.14 bits per heavy atom. The van der Waals surface area contributed by atoms with Gasteiger partial charge >= 0.3 is 0 Å². The van der Waals surface area contributed by atoms with Crippen LogP contribution < -0.4 is 0 Å². The third-order valence-corrected chi connectivity index (χ3v) is 7.57. The molecule has 2 unspecified atom stereocenters. The van der Waals surface area contributed by atoms with Gasteiger partial charge in [-0.25, -0.2) is 12.8 Å². The fourth-order valence-electron chi connectivity index (χ4n) is 3.65. The van der Waals surface area contributed by atoms with E-state index in [1.54, 1.807) is 18.2 Å². The number of rotatable bonds is 3. The SMILES string of the molecule is O=C(Cc1ccccc1F)C1CC2CCCC(C1)S2(=O)=O. The van der Waals surface area contributed by atoms with E-state index in [-0.39, 0.29) is 34.4 Å². The Bertz CT molecular complexity index is 633. The van der Waals surface area contributed by atoms with Gasteiger partial charge in [-0.3, -0.25) is 4.79 Å². The highest BCUT2D eigenvalue weighted by Crippen LogP contribution is 2.40. The van der Waals surface area contributed by atoms with E-state index in [9.17, 15) is 17.6 Å². The number of fused-ring (bicyclic) bond motifs is 2. The van der Waals surface area contributed by atoms with Gasteiger partial charge in [0.15, 0.2) is 9.84 Å². The van der Waals surface area contributed by atoms with Crippen LogP contribution in [0.4, 0.5) is 4.39 Å². The number of sulfone groups is 1. The van der Waals surface area contributed by atoms with Crippen LogP contribution in [0.3, 0.4) is 0 Å². The van der Waals surface area contributed by atoms with Gasteiger partial charge in [-0.2, -0.15) is 0 Å². The second kappa shape index (κ2) is 5.52. The molecule has 2 bridgehead atoms. The molecule has 0 N–H and O–H groups in total. The van der Waals surface area contributed by atoms with Gasteiger partial charge in [0.05, 0.1) is 10.5 Å². The molecule has 3 rings (SSSR count). The molecule has 114 valence electrons. The van der Waals surface area contributed by atoms with Crippen LogP contribution in [0.25, 0.3) is 0 Å². The molecule has 2 aliphatic rings. The van der Waals surface area contributed by atoms with Crippen molar-refractivity contribution in [3.8, 4) is 0 Å². The number of hydrogen-bond acceptors (Lipinski definition) is 3. The maximum atomic E-state index is 13.6. The summed E-state index contributed by atoms with van der Waals surface area (Å²) in [4.78, 5) is 12.4. The van der Waals surface area contributed by atoms with Crippen LogP contribution in [0.5, 0.6) is 0 Å². The highest BCUT2D eigenvalue weighted by molar-refractivity contribution is 7.92. The molecule has 5 heteroatoms. The zero-order valence-electron chi connectivity index (χ0n) is 11.8. The summed E-state index contributed by atoms with van der Waals surface area (Å²) in [6.07, 6.45) is 3.18. The van der Waals surface area contributed by atoms with E-state index in [0.717, 1.165) is 6.42 Å². The average molecular weight is 310 g/mol. The van der Waals surface area contributed by atoms with Gasteiger partial charge in [0.25, 0.3) is 0 Å². The van der Waals surface area contributed by atoms with E-state index in [0.29, 0.717) is 31.2 Å². The molecule has 0 saturated carbocycles. The third kappa shape index (κ3) is 2.76. The van der Waals surface area contributed by atoms with Crippen LogP contribution >= 0.6 is 0 Å². The van der Waals surface area contributed by atoms with Crippen molar-refractivity contribution >= 4 is 15.6 Å². The quantitative estimate of drug-likeness (QED) is 0.862. The molecule has 2 aliphatic heterocycles. The normalized spacial score (nSPS) is 30.8. The molecular weight excluding hydrogens is 291 g/mol. The molecule has 0 aromatic heterocycles. The Balaban J connectivity index is 1.74. The summed E-state index contributed by atoms with van der Waals surface area (Å²) in [5.41, 5.74) is 0.404. The van der Waals surface area contributed by atoms with Crippen molar-refractivity contribution in [1.29, 1.82) is 0 Å². The largest absolute Gasteiger partial charge is 0.299 e. The minimum atomic E-state index is -3.04. The van der Waals surface area contributed by atoms with E-state index in [1.165, 1.54) is 6.07 Å². The van der Waals surface area contributed by atoms with Crippen LogP contribution in [0, 0.1) is 11.7 Å². The number of carbonyl (C=O) groups excluding carboxylic acids is 1. The van der Waals surface area contributed by atoms with Crippen LogP contribution in [0.1, 0.15) is 37.7 Å². The zero-order chi connectivity index (χ0) is 15.0. The minimum absolute atomic E-state index is 0.0214. The Kier molecular flexibility index (Phi) is 3.86. The Labute approximate surface area is 124 Å². The molecule has 2 atom stereocenters. The fourth-order valence-corrected chi connectivity index (χ4v) is 6.18. The monoisotopic (exact) mass is 310 g/mol. The first-order valence-electron chi connectivity index (χ1n) is 7.47. The van der Waals surface area contributed by atoms with Crippen molar-refractivity contribution in [2.24, 2.45) is 5.92 Å². The maximum absolute atomic E-state index is 13.6. The van der Waals surface area contributed by atoms with Gasteiger partial charge in [-0.05, 0) is 37.3 Å². The fraction of sp³-hybridized carbons (Fsp3) is 0.562. The molecule has 0 amide bonds. The molecule has 2 saturated heterocycles. The first kappa shape index (κ1) is 14.7. The number of benzene rings is 1. The van der Waals surface area contributed by atoms with Crippen molar-refractivity contribution in [2.75, 3.05) is 0 Å². The van der Waals surface area contributed by atoms with E-state index in [1.807, 2.05) is 0 Å². The first-order valence-corrected chi connectivity index (χ1v) is 9.08. The molecule has 0 radical (unpaired) electrons. The van der Waals surface area contributed by atoms with E-state index >= 15 is 0 Å². The number of ketones is 1. The molecule has 2 fully saturated rings. The van der Waals surface area contributed by atoms with Gasteiger partial charge in [0, 0.05) is 12.3 Å². The van der Waals surface area contributed by atoms with Crippen LogP contribution in [-0.2, 0) is 21.1 Å². The number of carbonyl (C=O) groups is 1. The van der Waals surface area contributed by atoms with Gasteiger partial charge in [0.2, 0.25) is 0 Å². The summed E-state index contributed by atoms with van der Waals surface area (Å²) in [5, 5.41) is -0.723. The van der Waals surface area contributed by atoms with Crippen LogP contribution in [-0.4, -0.2) is 24.7 Å². The molecular formula is C16H19FO3S. The Morgan fingerprint density at radius 2 is 1.76 bits per heavy atom. The lowest BCUT2D eigenvalue weighted by molar-refractivity contribution is -0.122. The van der Waals surface area contributed by atoms with E-state index < -0.39 is 9.84 Å². The molecule has 2 heterocycles. The lowest BCUT2D eigenvalue weighted by Gasteiger charge is -2.38. The molecule has 1 aromatic rings. The smallest absolute Gasteiger partial charge is 0.156 e. The molecule has 0 spiro atoms. The number of hydrogen-bond donors (Lipinski definition) is 0. The molecule has 3 nitrogen and oxygen atoms in total. The number of Topliss-reactive ketones (excluding diaryl/α,β-unsaturated/α-hetero) is 1. The maximum Gasteiger partial charge on any atom is 0.156 e. The highest BCUT2D eigenvalue weighted by atomic mass is 32.2. The minimum Gasteiger partial charge on any atom is -0.299 e. The van der Waals surface area contributed by atoms with Crippen LogP contribution in [0.15, 0.2) is 24.3 Å². The predicted octanol–water partition coefficient (Wildman–Crippen LogP) is 2.68. The summed E-state index contributed by atoms with van der Waals surface area (Å²) in [6.45, 7) is 0. The summed E-state index contributed by atoms with van der Waals surface area (Å²) >= 11 is 0. The van der Waals surface area contributed by atoms with Crippen molar-refractivity contribution < 1.29 is 17.6 Å². The van der Waals surface area contributed by atoms with Gasteiger partial charge in [0.1, 0.15) is 11.6 Å². The first-order chi connectivity index (χ1) is 9.98. The van der Waals surface area contributed by atoms with Crippen molar-refractivity contribution in [2.45, 2.75) is 49.0 Å².